The summed E-state index contributed by atoms with van der Waals surface area (Å²) >= 11 is 0. The highest BCUT2D eigenvalue weighted by atomic mass is 16.5. The largest absolute Gasteiger partial charge is 0.457 e. The van der Waals surface area contributed by atoms with Crippen LogP contribution in [0.25, 0.3) is 0 Å². The fourth-order valence-corrected chi connectivity index (χ4v) is 3.31. The number of benzene rings is 2. The van der Waals surface area contributed by atoms with E-state index in [-0.39, 0.29) is 11.9 Å². The molecular formula is C21H20N2O2. The molecule has 0 radical (unpaired) electrons. The fourth-order valence-electron chi connectivity index (χ4n) is 3.31. The molecule has 4 nitrogen and oxygen atoms in total. The van der Waals surface area contributed by atoms with Gasteiger partial charge in [-0.2, -0.15) is 0 Å². The Hall–Kier alpha value is -3.01. The van der Waals surface area contributed by atoms with E-state index in [2.05, 4.69) is 23.8 Å². The zero-order valence-electron chi connectivity index (χ0n) is 14.1. The molecule has 0 spiro atoms. The third-order valence-corrected chi connectivity index (χ3v) is 4.68. The first kappa shape index (κ1) is 15.5. The number of hydrogen-bond acceptors (Lipinski definition) is 2. The van der Waals surface area contributed by atoms with E-state index in [1.807, 2.05) is 65.6 Å². The smallest absolute Gasteiger partial charge is 0.254 e. The summed E-state index contributed by atoms with van der Waals surface area (Å²) < 4.78 is 8.00. The number of carbonyl (C=O) groups excluding carboxylic acids is 1. The Morgan fingerprint density at radius 3 is 2.40 bits per heavy atom. The van der Waals surface area contributed by atoms with Crippen LogP contribution in [0.15, 0.2) is 72.9 Å². The minimum atomic E-state index is 0.0613. The summed E-state index contributed by atoms with van der Waals surface area (Å²) in [5.41, 5.74) is 1.87. The molecule has 0 bridgehead atoms. The molecule has 1 aliphatic heterocycles. The van der Waals surface area contributed by atoms with Gasteiger partial charge in [-0.15, -0.1) is 0 Å². The molecular weight excluding hydrogens is 312 g/mol. The Morgan fingerprint density at radius 2 is 1.64 bits per heavy atom. The molecule has 0 unspecified atom stereocenters. The van der Waals surface area contributed by atoms with Crippen molar-refractivity contribution in [3.8, 4) is 11.5 Å². The summed E-state index contributed by atoms with van der Waals surface area (Å²) in [6.07, 6.45) is 2.07. The average Bonchev–Trinajstić information content (AvgIpc) is 3.13. The number of ether oxygens (including phenoxy) is 1. The summed E-state index contributed by atoms with van der Waals surface area (Å²) in [6.45, 7) is 3.65. The highest BCUT2D eigenvalue weighted by Crippen LogP contribution is 2.28. The summed E-state index contributed by atoms with van der Waals surface area (Å²) in [7, 11) is 0. The maximum absolute atomic E-state index is 12.9. The van der Waals surface area contributed by atoms with Crippen molar-refractivity contribution in [2.45, 2.75) is 19.5 Å². The Labute approximate surface area is 147 Å². The molecule has 0 fully saturated rings. The lowest BCUT2D eigenvalue weighted by Crippen LogP contribution is -2.40. The number of para-hydroxylation sites is 1. The number of hydrogen-bond donors (Lipinski definition) is 0. The van der Waals surface area contributed by atoms with Crippen molar-refractivity contribution in [3.63, 3.8) is 0 Å². The molecule has 0 aliphatic carbocycles. The third-order valence-electron chi connectivity index (χ3n) is 4.68. The van der Waals surface area contributed by atoms with E-state index in [1.165, 1.54) is 5.69 Å². The SMILES string of the molecule is C[C@@H]1c2cccn2CCN1C(=O)c1ccc(Oc2ccccc2)cc1. The van der Waals surface area contributed by atoms with E-state index in [0.29, 0.717) is 5.56 Å². The van der Waals surface area contributed by atoms with Crippen LogP contribution in [-0.4, -0.2) is 21.9 Å². The molecule has 1 aliphatic rings. The van der Waals surface area contributed by atoms with Gasteiger partial charge in [0.15, 0.2) is 0 Å². The lowest BCUT2D eigenvalue weighted by atomic mass is 10.1. The van der Waals surface area contributed by atoms with Gasteiger partial charge in [0.1, 0.15) is 11.5 Å². The standard InChI is InChI=1S/C21H20N2O2/c1-16-20-8-5-13-22(20)14-15-23(16)21(24)17-9-11-19(12-10-17)25-18-6-3-2-4-7-18/h2-13,16H,14-15H2,1H3/t16-/m1/s1. The first-order chi connectivity index (χ1) is 12.2. The van der Waals surface area contributed by atoms with Gasteiger partial charge in [0, 0.05) is 30.5 Å². The molecule has 2 aromatic carbocycles. The van der Waals surface area contributed by atoms with Crippen LogP contribution in [0.5, 0.6) is 11.5 Å². The summed E-state index contributed by atoms with van der Waals surface area (Å²) in [6, 6.07) is 21.2. The zero-order valence-corrected chi connectivity index (χ0v) is 14.1. The molecule has 0 saturated heterocycles. The number of amides is 1. The van der Waals surface area contributed by atoms with Crippen molar-refractivity contribution in [3.05, 3.63) is 84.2 Å². The minimum Gasteiger partial charge on any atom is -0.457 e. The lowest BCUT2D eigenvalue weighted by Gasteiger charge is -2.35. The molecule has 4 rings (SSSR count). The van der Waals surface area contributed by atoms with Crippen LogP contribution < -0.4 is 4.74 Å². The van der Waals surface area contributed by atoms with Crippen LogP contribution in [0.1, 0.15) is 29.0 Å². The Morgan fingerprint density at radius 1 is 0.920 bits per heavy atom. The minimum absolute atomic E-state index is 0.0613. The molecule has 1 amide bonds. The molecule has 4 heteroatoms. The normalized spacial score (nSPS) is 16.4. The predicted molar refractivity (Wildman–Crippen MR) is 96.8 cm³/mol. The van der Waals surface area contributed by atoms with Crippen LogP contribution in [0.4, 0.5) is 0 Å². The lowest BCUT2D eigenvalue weighted by molar-refractivity contribution is 0.0644. The molecule has 1 aromatic heterocycles. The first-order valence-corrected chi connectivity index (χ1v) is 8.51. The predicted octanol–water partition coefficient (Wildman–Crippen LogP) is 4.50. The van der Waals surface area contributed by atoms with Gasteiger partial charge in [0.2, 0.25) is 0 Å². The fraction of sp³-hybridized carbons (Fsp3) is 0.190. The molecule has 0 N–H and O–H groups in total. The topological polar surface area (TPSA) is 34.5 Å². The van der Waals surface area contributed by atoms with Gasteiger partial charge in [-0.25, -0.2) is 0 Å². The quantitative estimate of drug-likeness (QED) is 0.708. The molecule has 2 heterocycles. The number of nitrogens with zero attached hydrogens (tertiary/aromatic N) is 2. The maximum atomic E-state index is 12.9. The summed E-state index contributed by atoms with van der Waals surface area (Å²) in [4.78, 5) is 14.8. The van der Waals surface area contributed by atoms with Crippen molar-refractivity contribution < 1.29 is 9.53 Å². The first-order valence-electron chi connectivity index (χ1n) is 8.51. The van der Waals surface area contributed by atoms with E-state index < -0.39 is 0 Å². The van der Waals surface area contributed by atoms with Crippen molar-refractivity contribution in [1.29, 1.82) is 0 Å². The number of aromatic nitrogens is 1. The molecule has 25 heavy (non-hydrogen) atoms. The second-order valence-corrected chi connectivity index (χ2v) is 6.24. The van der Waals surface area contributed by atoms with Gasteiger partial charge in [-0.3, -0.25) is 4.79 Å². The van der Waals surface area contributed by atoms with Crippen molar-refractivity contribution >= 4 is 5.91 Å². The number of carbonyl (C=O) groups is 1. The van der Waals surface area contributed by atoms with Crippen molar-refractivity contribution in [2.24, 2.45) is 0 Å². The van der Waals surface area contributed by atoms with Crippen LogP contribution in [0, 0.1) is 0 Å². The zero-order chi connectivity index (χ0) is 17.2. The van der Waals surface area contributed by atoms with Gasteiger partial charge >= 0.3 is 0 Å². The summed E-state index contributed by atoms with van der Waals surface area (Å²) in [5.74, 6) is 1.57. The van der Waals surface area contributed by atoms with E-state index in [1.54, 1.807) is 0 Å². The number of fused-ring (bicyclic) bond motifs is 1. The Balaban J connectivity index is 1.49. The molecule has 0 saturated carbocycles. The third kappa shape index (κ3) is 3.03. The Kier molecular flexibility index (Phi) is 4.02. The molecule has 1 atom stereocenters. The number of rotatable bonds is 3. The highest BCUT2D eigenvalue weighted by molar-refractivity contribution is 5.94. The van der Waals surface area contributed by atoms with E-state index >= 15 is 0 Å². The Bertz CT molecular complexity index is 868. The highest BCUT2D eigenvalue weighted by Gasteiger charge is 2.27. The monoisotopic (exact) mass is 332 g/mol. The van der Waals surface area contributed by atoms with Gasteiger partial charge < -0.3 is 14.2 Å². The van der Waals surface area contributed by atoms with Gasteiger partial charge in [-0.05, 0) is 55.5 Å². The van der Waals surface area contributed by atoms with Gasteiger partial charge in [-0.1, -0.05) is 18.2 Å². The van der Waals surface area contributed by atoms with Crippen LogP contribution in [0.3, 0.4) is 0 Å². The second-order valence-electron chi connectivity index (χ2n) is 6.24. The molecule has 126 valence electrons. The maximum Gasteiger partial charge on any atom is 0.254 e. The van der Waals surface area contributed by atoms with E-state index in [4.69, 9.17) is 4.74 Å². The van der Waals surface area contributed by atoms with Crippen molar-refractivity contribution in [1.82, 2.24) is 9.47 Å². The molecule has 3 aromatic rings. The van der Waals surface area contributed by atoms with Crippen LogP contribution in [-0.2, 0) is 6.54 Å². The average molecular weight is 332 g/mol. The second kappa shape index (κ2) is 6.48. The van der Waals surface area contributed by atoms with Crippen LogP contribution >= 0.6 is 0 Å². The van der Waals surface area contributed by atoms with Crippen molar-refractivity contribution in [2.75, 3.05) is 6.54 Å². The van der Waals surface area contributed by atoms with Crippen LogP contribution in [0.2, 0.25) is 0 Å². The van der Waals surface area contributed by atoms with E-state index in [0.717, 1.165) is 24.6 Å². The van der Waals surface area contributed by atoms with Gasteiger partial charge in [0.25, 0.3) is 5.91 Å². The van der Waals surface area contributed by atoms with E-state index in [9.17, 15) is 4.79 Å². The summed E-state index contributed by atoms with van der Waals surface area (Å²) in [5, 5.41) is 0. The van der Waals surface area contributed by atoms with Gasteiger partial charge in [0.05, 0.1) is 6.04 Å².